The Morgan fingerprint density at radius 2 is 1.46 bits per heavy atom. The Morgan fingerprint density at radius 1 is 0.846 bits per heavy atom. The lowest BCUT2D eigenvalue weighted by atomic mass is 9.89. The zero-order valence-electron chi connectivity index (χ0n) is 15.4. The summed E-state index contributed by atoms with van der Waals surface area (Å²) in [5.74, 6) is 0.255. The molecule has 1 N–H and O–H groups in total. The fraction of sp³-hybridized carbons (Fsp3) is 0.174. The number of benzene rings is 2. The number of phenolic OH excluding ortho intramolecular Hbond substituents is 1. The number of pyridine rings is 1. The molecule has 3 rings (SSSR count). The van der Waals surface area contributed by atoms with E-state index in [0.29, 0.717) is 5.15 Å². The molecule has 3 aromatic rings. The second-order valence-electron chi connectivity index (χ2n) is 5.49. The smallest absolute Gasteiger partial charge is 0.129 e. The quantitative estimate of drug-likeness (QED) is 0.405. The van der Waals surface area contributed by atoms with Crippen molar-refractivity contribution in [3.05, 3.63) is 94.8 Å². The summed E-state index contributed by atoms with van der Waals surface area (Å²) >= 11 is 5.95. The fourth-order valence-corrected chi connectivity index (χ4v) is 2.94. The molecule has 0 radical (unpaired) electrons. The van der Waals surface area contributed by atoms with Crippen molar-refractivity contribution in [3.8, 4) is 5.75 Å². The second kappa shape index (κ2) is 9.79. The molecule has 26 heavy (non-hydrogen) atoms. The molecular weight excluding hydrogens is 342 g/mol. The lowest BCUT2D eigenvalue weighted by Crippen LogP contribution is -1.95. The monoisotopic (exact) mass is 365 g/mol. The van der Waals surface area contributed by atoms with Gasteiger partial charge in [-0.05, 0) is 53.0 Å². The highest BCUT2D eigenvalue weighted by molar-refractivity contribution is 6.29. The van der Waals surface area contributed by atoms with Crippen LogP contribution in [0.1, 0.15) is 43.9 Å². The van der Waals surface area contributed by atoms with Gasteiger partial charge in [0.05, 0.1) is 0 Å². The third kappa shape index (κ3) is 4.74. The molecule has 0 spiro atoms. The highest BCUT2D eigenvalue weighted by Gasteiger charge is 2.13. The molecule has 2 nitrogen and oxygen atoms in total. The maximum atomic E-state index is 9.61. The van der Waals surface area contributed by atoms with Crippen LogP contribution < -0.4 is 0 Å². The standard InChI is InChI=1S/C21H18ClNO.C2H6/c1-2-19(15-6-4-3-5-7-15)21(16-8-11-18(24)12-9-16)17-10-13-20(22)23-14-17;1-2/h3-14,24H,2H2,1H3;1-2H3/b21-19+;. The van der Waals surface area contributed by atoms with Crippen molar-refractivity contribution >= 4 is 22.7 Å². The van der Waals surface area contributed by atoms with Crippen molar-refractivity contribution in [3.63, 3.8) is 0 Å². The van der Waals surface area contributed by atoms with E-state index in [2.05, 4.69) is 24.0 Å². The van der Waals surface area contributed by atoms with Crippen molar-refractivity contribution < 1.29 is 5.11 Å². The normalized spacial score (nSPS) is 11.2. The van der Waals surface area contributed by atoms with Gasteiger partial charge in [-0.3, -0.25) is 0 Å². The van der Waals surface area contributed by atoms with Crippen LogP contribution in [-0.2, 0) is 0 Å². The summed E-state index contributed by atoms with van der Waals surface area (Å²) in [4.78, 5) is 4.24. The Morgan fingerprint density at radius 3 is 2.00 bits per heavy atom. The van der Waals surface area contributed by atoms with Crippen LogP contribution in [0.2, 0.25) is 5.15 Å². The molecule has 0 fully saturated rings. The molecule has 3 heteroatoms. The van der Waals surface area contributed by atoms with Crippen molar-refractivity contribution in [2.24, 2.45) is 0 Å². The summed E-state index contributed by atoms with van der Waals surface area (Å²) in [5.41, 5.74) is 5.56. The largest absolute Gasteiger partial charge is 0.508 e. The van der Waals surface area contributed by atoms with Gasteiger partial charge < -0.3 is 5.11 Å². The third-order valence-electron chi connectivity index (χ3n) is 3.95. The number of hydrogen-bond acceptors (Lipinski definition) is 2. The minimum Gasteiger partial charge on any atom is -0.508 e. The van der Waals surface area contributed by atoms with Crippen molar-refractivity contribution in [2.75, 3.05) is 0 Å². The van der Waals surface area contributed by atoms with E-state index in [-0.39, 0.29) is 5.75 Å². The van der Waals surface area contributed by atoms with Crippen molar-refractivity contribution in [1.29, 1.82) is 0 Å². The predicted octanol–water partition coefficient (Wildman–Crippen LogP) is 6.84. The van der Waals surface area contributed by atoms with Crippen LogP contribution in [0.15, 0.2) is 72.9 Å². The van der Waals surface area contributed by atoms with E-state index in [1.165, 1.54) is 11.1 Å². The first-order valence-corrected chi connectivity index (χ1v) is 9.26. The van der Waals surface area contributed by atoms with Gasteiger partial charge >= 0.3 is 0 Å². The first-order valence-electron chi connectivity index (χ1n) is 8.89. The maximum Gasteiger partial charge on any atom is 0.129 e. The Labute approximate surface area is 160 Å². The summed E-state index contributed by atoms with van der Waals surface area (Å²) in [7, 11) is 0. The van der Waals surface area contributed by atoms with Gasteiger partial charge in [0, 0.05) is 11.8 Å². The Bertz CT molecular complexity index is 790. The average Bonchev–Trinajstić information content (AvgIpc) is 2.70. The van der Waals surface area contributed by atoms with E-state index in [4.69, 9.17) is 11.6 Å². The molecule has 0 aliphatic rings. The summed E-state index contributed by atoms with van der Waals surface area (Å²) in [6, 6.07) is 21.4. The van der Waals surface area contributed by atoms with Crippen LogP contribution in [0.25, 0.3) is 11.1 Å². The molecule has 0 saturated carbocycles. The number of hydrogen-bond donors (Lipinski definition) is 1. The predicted molar refractivity (Wildman–Crippen MR) is 111 cm³/mol. The van der Waals surface area contributed by atoms with Gasteiger partial charge in [-0.25, -0.2) is 4.98 Å². The lowest BCUT2D eigenvalue weighted by molar-refractivity contribution is 0.475. The first-order chi connectivity index (χ1) is 12.7. The fourth-order valence-electron chi connectivity index (χ4n) is 2.83. The minimum atomic E-state index is 0.255. The highest BCUT2D eigenvalue weighted by Crippen LogP contribution is 2.34. The van der Waals surface area contributed by atoms with Crippen LogP contribution >= 0.6 is 11.6 Å². The van der Waals surface area contributed by atoms with Gasteiger partial charge in [0.15, 0.2) is 0 Å². The number of nitrogens with zero attached hydrogens (tertiary/aromatic N) is 1. The lowest BCUT2D eigenvalue weighted by Gasteiger charge is -2.16. The average molecular weight is 366 g/mol. The van der Waals surface area contributed by atoms with E-state index in [0.717, 1.165) is 23.1 Å². The molecule has 1 aromatic heterocycles. The molecule has 0 aliphatic carbocycles. The Balaban J connectivity index is 0.00000117. The van der Waals surface area contributed by atoms with Crippen LogP contribution in [0.5, 0.6) is 5.75 Å². The van der Waals surface area contributed by atoms with Gasteiger partial charge in [-0.1, -0.05) is 74.8 Å². The van der Waals surface area contributed by atoms with E-state index in [1.54, 1.807) is 24.4 Å². The molecule has 2 aromatic carbocycles. The number of rotatable bonds is 4. The minimum absolute atomic E-state index is 0.255. The van der Waals surface area contributed by atoms with E-state index in [1.807, 2.05) is 50.2 Å². The molecule has 134 valence electrons. The number of halogens is 1. The van der Waals surface area contributed by atoms with Crippen molar-refractivity contribution in [2.45, 2.75) is 27.2 Å². The molecule has 1 heterocycles. The molecule has 0 aliphatic heterocycles. The van der Waals surface area contributed by atoms with Gasteiger partial charge in [0.2, 0.25) is 0 Å². The zero-order valence-corrected chi connectivity index (χ0v) is 16.2. The van der Waals surface area contributed by atoms with Crippen molar-refractivity contribution in [1.82, 2.24) is 4.98 Å². The van der Waals surface area contributed by atoms with Crippen LogP contribution in [0, 0.1) is 0 Å². The van der Waals surface area contributed by atoms with Gasteiger partial charge in [0.1, 0.15) is 10.9 Å². The second-order valence-corrected chi connectivity index (χ2v) is 5.88. The first kappa shape index (κ1) is 19.7. The molecule has 0 bridgehead atoms. The summed E-state index contributed by atoms with van der Waals surface area (Å²) < 4.78 is 0. The van der Waals surface area contributed by atoms with Crippen LogP contribution in [0.4, 0.5) is 0 Å². The Kier molecular flexibility index (Phi) is 7.43. The number of allylic oxidation sites excluding steroid dienone is 1. The molecule has 0 saturated heterocycles. The summed E-state index contributed by atoms with van der Waals surface area (Å²) in [6.07, 6.45) is 2.67. The molecule has 0 atom stereocenters. The van der Waals surface area contributed by atoms with E-state index < -0.39 is 0 Å². The summed E-state index contributed by atoms with van der Waals surface area (Å²) in [5, 5.41) is 10.1. The third-order valence-corrected chi connectivity index (χ3v) is 4.17. The molecule has 0 amide bonds. The van der Waals surface area contributed by atoms with Crippen LogP contribution in [-0.4, -0.2) is 10.1 Å². The highest BCUT2D eigenvalue weighted by atomic mass is 35.5. The van der Waals surface area contributed by atoms with Gasteiger partial charge in [-0.15, -0.1) is 0 Å². The van der Waals surface area contributed by atoms with Crippen LogP contribution in [0.3, 0.4) is 0 Å². The number of aromatic nitrogens is 1. The van der Waals surface area contributed by atoms with Gasteiger partial charge in [0.25, 0.3) is 0 Å². The topological polar surface area (TPSA) is 33.1 Å². The maximum absolute atomic E-state index is 9.61. The van der Waals surface area contributed by atoms with Gasteiger partial charge in [-0.2, -0.15) is 0 Å². The molecule has 0 unspecified atom stereocenters. The van der Waals surface area contributed by atoms with E-state index >= 15 is 0 Å². The number of phenols is 1. The summed E-state index contributed by atoms with van der Waals surface area (Å²) in [6.45, 7) is 6.14. The molecular formula is C23H24ClNO. The Hall–Kier alpha value is -2.58. The zero-order chi connectivity index (χ0) is 18.9. The van der Waals surface area contributed by atoms with E-state index in [9.17, 15) is 5.11 Å². The number of aromatic hydroxyl groups is 1. The SMILES string of the molecule is CC.CC/C(=C(/c1ccc(O)cc1)c1ccc(Cl)nc1)c1ccccc1.